The van der Waals surface area contributed by atoms with Gasteiger partial charge in [0.05, 0.1) is 11.6 Å². The highest BCUT2D eigenvalue weighted by Crippen LogP contribution is 2.43. The fourth-order valence-electron chi connectivity index (χ4n) is 3.48. The van der Waals surface area contributed by atoms with E-state index in [2.05, 4.69) is 13.8 Å². The van der Waals surface area contributed by atoms with Gasteiger partial charge < -0.3 is 5.11 Å². The Kier molecular flexibility index (Phi) is 5.16. The fraction of sp³-hybridized carbons (Fsp3) is 0.333. The zero-order valence-corrected chi connectivity index (χ0v) is 17.1. The van der Waals surface area contributed by atoms with Gasteiger partial charge in [-0.3, -0.25) is 14.5 Å². The summed E-state index contributed by atoms with van der Waals surface area (Å²) < 4.78 is 0. The molecule has 4 heteroatoms. The molecule has 3 rings (SSSR count). The maximum absolute atomic E-state index is 13.1. The van der Waals surface area contributed by atoms with Gasteiger partial charge in [-0.1, -0.05) is 77.1 Å². The quantitative estimate of drug-likeness (QED) is 0.784. The van der Waals surface area contributed by atoms with Gasteiger partial charge in [-0.2, -0.15) is 0 Å². The number of nitrogens with zero attached hydrogens (tertiary/aromatic N) is 1. The van der Waals surface area contributed by atoms with E-state index in [1.165, 1.54) is 4.90 Å². The molecule has 1 atom stereocenters. The van der Waals surface area contributed by atoms with Crippen molar-refractivity contribution in [1.82, 2.24) is 0 Å². The minimum Gasteiger partial charge on any atom is -0.503 e. The third-order valence-electron chi connectivity index (χ3n) is 5.09. The zero-order valence-electron chi connectivity index (χ0n) is 17.1. The van der Waals surface area contributed by atoms with Crippen LogP contribution >= 0.6 is 0 Å². The minimum atomic E-state index is -0.714. The molecule has 1 aliphatic heterocycles. The van der Waals surface area contributed by atoms with E-state index in [1.807, 2.05) is 54.6 Å². The van der Waals surface area contributed by atoms with E-state index in [9.17, 15) is 14.7 Å². The molecular formula is C24H27NO3. The first-order valence-corrected chi connectivity index (χ1v) is 9.59. The lowest BCUT2D eigenvalue weighted by Crippen LogP contribution is -2.32. The van der Waals surface area contributed by atoms with Crippen LogP contribution in [0, 0.1) is 5.41 Å². The van der Waals surface area contributed by atoms with Crippen LogP contribution in [0.15, 0.2) is 65.9 Å². The number of carbonyl (C=O) groups excluding carboxylic acids is 2. The number of aliphatic hydroxyl groups is 1. The second kappa shape index (κ2) is 7.27. The number of anilines is 1. The number of ketones is 1. The normalized spacial score (nSPS) is 17.6. The summed E-state index contributed by atoms with van der Waals surface area (Å²) in [6.07, 6.45) is 0. The maximum atomic E-state index is 13.1. The molecule has 28 heavy (non-hydrogen) atoms. The van der Waals surface area contributed by atoms with Crippen molar-refractivity contribution in [2.24, 2.45) is 5.41 Å². The Hall–Kier alpha value is -2.88. The van der Waals surface area contributed by atoms with Crippen LogP contribution in [0.2, 0.25) is 0 Å². The molecule has 0 spiro atoms. The molecule has 1 amide bonds. The van der Waals surface area contributed by atoms with E-state index >= 15 is 0 Å². The number of aliphatic hydroxyl groups excluding tert-OH is 1. The molecule has 0 aromatic heterocycles. The van der Waals surface area contributed by atoms with Gasteiger partial charge in [0.15, 0.2) is 11.5 Å². The van der Waals surface area contributed by atoms with E-state index in [1.54, 1.807) is 20.8 Å². The van der Waals surface area contributed by atoms with E-state index in [-0.39, 0.29) is 11.4 Å². The molecule has 146 valence electrons. The average molecular weight is 377 g/mol. The van der Waals surface area contributed by atoms with E-state index in [4.69, 9.17) is 0 Å². The van der Waals surface area contributed by atoms with Crippen LogP contribution in [-0.2, 0) is 9.59 Å². The minimum absolute atomic E-state index is 0.164. The third kappa shape index (κ3) is 3.47. The van der Waals surface area contributed by atoms with Crippen LogP contribution in [0.1, 0.15) is 57.7 Å². The number of hydrogen-bond donors (Lipinski definition) is 1. The molecule has 0 saturated heterocycles. The molecule has 0 saturated carbocycles. The van der Waals surface area contributed by atoms with Crippen LogP contribution < -0.4 is 4.90 Å². The lowest BCUT2D eigenvalue weighted by Gasteiger charge is -2.29. The van der Waals surface area contributed by atoms with Crippen LogP contribution in [0.5, 0.6) is 0 Å². The topological polar surface area (TPSA) is 57.6 Å². The average Bonchev–Trinajstić information content (AvgIpc) is 2.92. The monoisotopic (exact) mass is 377 g/mol. The molecule has 4 nitrogen and oxygen atoms in total. The summed E-state index contributed by atoms with van der Waals surface area (Å²) in [5.41, 5.74) is 2.06. The van der Waals surface area contributed by atoms with Crippen molar-refractivity contribution in [2.45, 2.75) is 46.6 Å². The van der Waals surface area contributed by atoms with Crippen molar-refractivity contribution in [2.75, 3.05) is 4.90 Å². The summed E-state index contributed by atoms with van der Waals surface area (Å²) in [6, 6.07) is 16.4. The number of hydrogen-bond acceptors (Lipinski definition) is 3. The third-order valence-corrected chi connectivity index (χ3v) is 5.09. The molecule has 2 aromatic carbocycles. The highest BCUT2D eigenvalue weighted by atomic mass is 16.3. The maximum Gasteiger partial charge on any atom is 0.294 e. The molecule has 1 aliphatic rings. The highest BCUT2D eigenvalue weighted by molar-refractivity contribution is 6.17. The summed E-state index contributed by atoms with van der Waals surface area (Å²) in [7, 11) is 0. The predicted molar refractivity (Wildman–Crippen MR) is 111 cm³/mol. The predicted octanol–water partition coefficient (Wildman–Crippen LogP) is 5.33. The lowest BCUT2D eigenvalue weighted by atomic mass is 9.82. The second-order valence-corrected chi connectivity index (χ2v) is 8.58. The van der Waals surface area contributed by atoms with Gasteiger partial charge in [0.1, 0.15) is 0 Å². The number of Topliss-reactive ketones (excluding diaryl/α,β-unsaturated/α-hetero) is 1. The molecule has 0 fully saturated rings. The molecule has 0 radical (unpaired) electrons. The summed E-state index contributed by atoms with van der Waals surface area (Å²) in [5, 5.41) is 10.7. The van der Waals surface area contributed by atoms with Crippen LogP contribution in [0.3, 0.4) is 0 Å². The van der Waals surface area contributed by atoms with Crippen LogP contribution in [0.25, 0.3) is 0 Å². The van der Waals surface area contributed by atoms with Gasteiger partial charge in [-0.25, -0.2) is 0 Å². The molecule has 0 aliphatic carbocycles. The van der Waals surface area contributed by atoms with Gasteiger partial charge in [0, 0.05) is 11.1 Å². The van der Waals surface area contributed by atoms with Crippen molar-refractivity contribution in [3.63, 3.8) is 0 Å². The van der Waals surface area contributed by atoms with Crippen molar-refractivity contribution in [3.8, 4) is 0 Å². The van der Waals surface area contributed by atoms with E-state index < -0.39 is 23.1 Å². The molecule has 1 heterocycles. The number of amides is 1. The Labute approximate surface area is 166 Å². The van der Waals surface area contributed by atoms with E-state index in [0.717, 1.165) is 11.1 Å². The largest absolute Gasteiger partial charge is 0.503 e. The van der Waals surface area contributed by atoms with Crippen LogP contribution in [0.4, 0.5) is 5.69 Å². The Morgan fingerprint density at radius 1 is 1.00 bits per heavy atom. The lowest BCUT2D eigenvalue weighted by molar-refractivity contribution is -0.123. The standard InChI is InChI=1S/C24H27NO3/c1-15(2)16-11-13-18(14-12-16)25-20(17-9-7-6-8-10-17)19(21(26)23(25)28)22(27)24(3,4)5/h6-15,20,26H,1-5H3. The van der Waals surface area contributed by atoms with Crippen molar-refractivity contribution in [3.05, 3.63) is 77.1 Å². The van der Waals surface area contributed by atoms with Crippen molar-refractivity contribution < 1.29 is 14.7 Å². The van der Waals surface area contributed by atoms with Crippen molar-refractivity contribution >= 4 is 17.4 Å². The first-order chi connectivity index (χ1) is 13.1. The molecule has 0 bridgehead atoms. The van der Waals surface area contributed by atoms with Crippen LogP contribution in [-0.4, -0.2) is 16.8 Å². The Balaban J connectivity index is 2.15. The first-order valence-electron chi connectivity index (χ1n) is 9.59. The van der Waals surface area contributed by atoms with Gasteiger partial charge >= 0.3 is 0 Å². The molecule has 2 aromatic rings. The van der Waals surface area contributed by atoms with Gasteiger partial charge in [-0.05, 0) is 29.2 Å². The molecular weight excluding hydrogens is 350 g/mol. The summed E-state index contributed by atoms with van der Waals surface area (Å²) >= 11 is 0. The molecule has 1 N–H and O–H groups in total. The van der Waals surface area contributed by atoms with Gasteiger partial charge in [0.2, 0.25) is 0 Å². The zero-order chi connectivity index (χ0) is 20.6. The molecule has 1 unspecified atom stereocenters. The Bertz CT molecular complexity index is 919. The summed E-state index contributed by atoms with van der Waals surface area (Å²) in [6.45, 7) is 9.60. The van der Waals surface area contributed by atoms with Gasteiger partial charge in [-0.15, -0.1) is 0 Å². The summed E-state index contributed by atoms with van der Waals surface area (Å²) in [4.78, 5) is 27.7. The Morgan fingerprint density at radius 2 is 1.57 bits per heavy atom. The van der Waals surface area contributed by atoms with Gasteiger partial charge in [0.25, 0.3) is 5.91 Å². The second-order valence-electron chi connectivity index (χ2n) is 8.58. The fourth-order valence-corrected chi connectivity index (χ4v) is 3.48. The summed E-state index contributed by atoms with van der Waals surface area (Å²) in [5.74, 6) is -0.855. The number of carbonyl (C=O) groups is 2. The van der Waals surface area contributed by atoms with E-state index in [0.29, 0.717) is 11.6 Å². The highest BCUT2D eigenvalue weighted by Gasteiger charge is 2.46. The smallest absolute Gasteiger partial charge is 0.294 e. The number of benzene rings is 2. The Morgan fingerprint density at radius 3 is 2.07 bits per heavy atom. The number of rotatable bonds is 4. The SMILES string of the molecule is CC(C)c1ccc(N2C(=O)C(O)=C(C(=O)C(C)(C)C)C2c2ccccc2)cc1. The van der Waals surface area contributed by atoms with Crippen molar-refractivity contribution in [1.29, 1.82) is 0 Å². The first kappa shape index (κ1) is 19.9.